The summed E-state index contributed by atoms with van der Waals surface area (Å²) in [5.74, 6) is 0. The van der Waals surface area contributed by atoms with Crippen LogP contribution in [-0.2, 0) is 6.42 Å². The van der Waals surface area contributed by atoms with Crippen LogP contribution < -0.4 is 5.32 Å². The number of rotatable bonds is 5. The van der Waals surface area contributed by atoms with Crippen LogP contribution in [-0.4, -0.2) is 6.54 Å². The van der Waals surface area contributed by atoms with Crippen LogP contribution in [0.4, 0.5) is 0 Å². The summed E-state index contributed by atoms with van der Waals surface area (Å²) in [4.78, 5) is 0. The lowest BCUT2D eigenvalue weighted by Crippen LogP contribution is -2.23. The first-order chi connectivity index (χ1) is 9.60. The lowest BCUT2D eigenvalue weighted by Gasteiger charge is -2.19. The minimum absolute atomic E-state index is 0.291. The highest BCUT2D eigenvalue weighted by Gasteiger charge is 2.12. The van der Waals surface area contributed by atoms with E-state index in [0.29, 0.717) is 6.04 Å². The zero-order valence-corrected chi connectivity index (χ0v) is 14.1. The average Bonchev–Trinajstić information content (AvgIpc) is 2.44. The number of aryl methyl sites for hydroxylation is 1. The summed E-state index contributed by atoms with van der Waals surface area (Å²) in [6.45, 7) is 5.10. The van der Waals surface area contributed by atoms with E-state index in [1.54, 1.807) is 0 Å². The molecule has 1 unspecified atom stereocenters. The first-order valence-electron chi connectivity index (χ1n) is 6.84. The second kappa shape index (κ2) is 7.26. The molecule has 0 aliphatic carbocycles. The van der Waals surface area contributed by atoms with Gasteiger partial charge in [-0.1, -0.05) is 58.7 Å². The van der Waals surface area contributed by atoms with Crippen LogP contribution in [0.1, 0.15) is 29.7 Å². The first-order valence-corrected chi connectivity index (χ1v) is 8.01. The van der Waals surface area contributed by atoms with Gasteiger partial charge < -0.3 is 5.32 Å². The van der Waals surface area contributed by atoms with E-state index in [0.717, 1.165) is 28.0 Å². The molecular weight excluding hydrogens is 334 g/mol. The van der Waals surface area contributed by atoms with Crippen LogP contribution in [0.2, 0.25) is 5.02 Å². The number of benzene rings is 2. The van der Waals surface area contributed by atoms with E-state index in [-0.39, 0.29) is 0 Å². The van der Waals surface area contributed by atoms with E-state index < -0.39 is 0 Å². The molecule has 0 bridgehead atoms. The number of hydrogen-bond donors (Lipinski definition) is 1. The molecule has 0 saturated heterocycles. The summed E-state index contributed by atoms with van der Waals surface area (Å²) in [6.07, 6.45) is 0.959. The summed E-state index contributed by atoms with van der Waals surface area (Å²) in [5.41, 5.74) is 3.68. The van der Waals surface area contributed by atoms with Gasteiger partial charge in [-0.05, 0) is 54.8 Å². The highest BCUT2D eigenvalue weighted by atomic mass is 79.9. The van der Waals surface area contributed by atoms with E-state index in [2.05, 4.69) is 70.6 Å². The Bertz CT molecular complexity index is 566. The molecule has 2 aromatic rings. The van der Waals surface area contributed by atoms with Gasteiger partial charge in [0, 0.05) is 15.5 Å². The van der Waals surface area contributed by atoms with E-state index in [4.69, 9.17) is 11.6 Å². The third-order valence-corrected chi connectivity index (χ3v) is 4.34. The van der Waals surface area contributed by atoms with Gasteiger partial charge in [-0.2, -0.15) is 0 Å². The van der Waals surface area contributed by atoms with E-state index in [9.17, 15) is 0 Å². The molecule has 0 aliphatic rings. The minimum Gasteiger partial charge on any atom is -0.310 e. The predicted octanol–water partition coefficient (Wildman–Crippen LogP) is 5.30. The summed E-state index contributed by atoms with van der Waals surface area (Å²) < 4.78 is 1.11. The number of halogens is 2. The van der Waals surface area contributed by atoms with Gasteiger partial charge in [0.2, 0.25) is 0 Å². The van der Waals surface area contributed by atoms with Crippen molar-refractivity contribution in [3.63, 3.8) is 0 Å². The van der Waals surface area contributed by atoms with Gasteiger partial charge in [0.25, 0.3) is 0 Å². The number of hydrogen-bond acceptors (Lipinski definition) is 1. The van der Waals surface area contributed by atoms with Crippen LogP contribution in [0.15, 0.2) is 46.9 Å². The lowest BCUT2D eigenvalue weighted by molar-refractivity contribution is 0.550. The Morgan fingerprint density at radius 3 is 2.45 bits per heavy atom. The topological polar surface area (TPSA) is 12.0 Å². The Balaban J connectivity index is 2.21. The predicted molar refractivity (Wildman–Crippen MR) is 90.5 cm³/mol. The molecule has 1 nitrogen and oxygen atoms in total. The Morgan fingerprint density at radius 2 is 1.85 bits per heavy atom. The van der Waals surface area contributed by atoms with Gasteiger partial charge >= 0.3 is 0 Å². The van der Waals surface area contributed by atoms with Crippen molar-refractivity contribution in [2.24, 2.45) is 0 Å². The SMILES string of the molecule is CCNC(Cc1ccc(Br)cc1)c1ccc(C)c(Cl)c1. The smallest absolute Gasteiger partial charge is 0.0438 e. The molecule has 2 aromatic carbocycles. The van der Waals surface area contributed by atoms with E-state index in [1.807, 2.05) is 6.92 Å². The Labute approximate surface area is 134 Å². The quantitative estimate of drug-likeness (QED) is 0.769. The molecule has 0 heterocycles. The standard InChI is InChI=1S/C17H19BrClN/c1-3-20-17(10-13-5-8-15(18)9-6-13)14-7-4-12(2)16(19)11-14/h4-9,11,17,20H,3,10H2,1-2H3. The summed E-state index contributed by atoms with van der Waals surface area (Å²) >= 11 is 9.72. The molecule has 1 atom stereocenters. The molecular formula is C17H19BrClN. The molecule has 3 heteroatoms. The van der Waals surface area contributed by atoms with Gasteiger partial charge in [0.15, 0.2) is 0 Å². The lowest BCUT2D eigenvalue weighted by atomic mass is 9.98. The fourth-order valence-electron chi connectivity index (χ4n) is 2.24. The van der Waals surface area contributed by atoms with Crippen molar-refractivity contribution in [1.29, 1.82) is 0 Å². The molecule has 0 saturated carbocycles. The average molecular weight is 353 g/mol. The highest BCUT2D eigenvalue weighted by molar-refractivity contribution is 9.10. The molecule has 0 amide bonds. The van der Waals surface area contributed by atoms with Gasteiger partial charge in [-0.25, -0.2) is 0 Å². The maximum Gasteiger partial charge on any atom is 0.0438 e. The van der Waals surface area contributed by atoms with Crippen molar-refractivity contribution in [2.45, 2.75) is 26.3 Å². The molecule has 0 aliphatic heterocycles. The number of nitrogens with one attached hydrogen (secondary N) is 1. The largest absolute Gasteiger partial charge is 0.310 e. The molecule has 1 N–H and O–H groups in total. The normalized spacial score (nSPS) is 12.4. The van der Waals surface area contributed by atoms with E-state index >= 15 is 0 Å². The first kappa shape index (κ1) is 15.6. The van der Waals surface area contributed by atoms with Crippen molar-refractivity contribution < 1.29 is 0 Å². The maximum atomic E-state index is 6.25. The molecule has 20 heavy (non-hydrogen) atoms. The third kappa shape index (κ3) is 4.08. The van der Waals surface area contributed by atoms with Crippen molar-refractivity contribution in [3.05, 3.63) is 68.7 Å². The Hall–Kier alpha value is -0.830. The van der Waals surface area contributed by atoms with Gasteiger partial charge in [0.05, 0.1) is 0 Å². The van der Waals surface area contributed by atoms with E-state index in [1.165, 1.54) is 11.1 Å². The van der Waals surface area contributed by atoms with Crippen LogP contribution in [0, 0.1) is 6.92 Å². The third-order valence-electron chi connectivity index (χ3n) is 3.40. The van der Waals surface area contributed by atoms with Crippen LogP contribution >= 0.6 is 27.5 Å². The Morgan fingerprint density at radius 1 is 1.15 bits per heavy atom. The molecule has 0 aromatic heterocycles. The highest BCUT2D eigenvalue weighted by Crippen LogP contribution is 2.24. The van der Waals surface area contributed by atoms with Gasteiger partial charge in [-0.15, -0.1) is 0 Å². The van der Waals surface area contributed by atoms with Crippen LogP contribution in [0.25, 0.3) is 0 Å². The van der Waals surface area contributed by atoms with Crippen molar-refractivity contribution in [3.8, 4) is 0 Å². The molecule has 106 valence electrons. The zero-order chi connectivity index (χ0) is 14.5. The zero-order valence-electron chi connectivity index (χ0n) is 11.8. The fraction of sp³-hybridized carbons (Fsp3) is 0.294. The monoisotopic (exact) mass is 351 g/mol. The maximum absolute atomic E-state index is 6.25. The van der Waals surface area contributed by atoms with Crippen molar-refractivity contribution >= 4 is 27.5 Å². The second-order valence-electron chi connectivity index (χ2n) is 4.95. The minimum atomic E-state index is 0.291. The molecule has 2 rings (SSSR count). The molecule has 0 spiro atoms. The second-order valence-corrected chi connectivity index (χ2v) is 6.27. The van der Waals surface area contributed by atoms with Crippen molar-refractivity contribution in [1.82, 2.24) is 5.32 Å². The van der Waals surface area contributed by atoms with Crippen LogP contribution in [0.5, 0.6) is 0 Å². The van der Waals surface area contributed by atoms with Crippen molar-refractivity contribution in [2.75, 3.05) is 6.54 Å². The van der Waals surface area contributed by atoms with Gasteiger partial charge in [-0.3, -0.25) is 0 Å². The molecule has 0 fully saturated rings. The number of likely N-dealkylation sites (N-methyl/N-ethyl adjacent to an activating group) is 1. The molecule has 0 radical (unpaired) electrons. The van der Waals surface area contributed by atoms with Crippen LogP contribution in [0.3, 0.4) is 0 Å². The summed E-state index contributed by atoms with van der Waals surface area (Å²) in [7, 11) is 0. The summed E-state index contributed by atoms with van der Waals surface area (Å²) in [6, 6.07) is 15.1. The van der Waals surface area contributed by atoms with Gasteiger partial charge in [0.1, 0.15) is 0 Å². The fourth-order valence-corrected chi connectivity index (χ4v) is 2.69. The summed E-state index contributed by atoms with van der Waals surface area (Å²) in [5, 5.41) is 4.37. The Kier molecular flexibility index (Phi) is 5.64.